The van der Waals surface area contributed by atoms with E-state index in [9.17, 15) is 4.79 Å². The van der Waals surface area contributed by atoms with Crippen LogP contribution in [-0.4, -0.2) is 29.1 Å². The maximum atomic E-state index is 10.8. The van der Waals surface area contributed by atoms with Crippen LogP contribution in [0.5, 0.6) is 5.75 Å². The molecule has 0 saturated carbocycles. The third-order valence-electron chi connectivity index (χ3n) is 2.69. The number of aromatic nitrogens is 2. The highest BCUT2D eigenvalue weighted by atomic mass is 16.5. The van der Waals surface area contributed by atoms with E-state index in [1.807, 2.05) is 22.8 Å². The second-order valence-electron chi connectivity index (χ2n) is 3.96. The number of methoxy groups -OCH3 is 1. The number of carbonyl (C=O) groups is 1. The Hall–Kier alpha value is -2.24. The fraction of sp³-hybridized carbons (Fsp3) is 0.333. The fourth-order valence-corrected chi connectivity index (χ4v) is 1.83. The van der Waals surface area contributed by atoms with Crippen molar-refractivity contribution in [2.24, 2.45) is 0 Å². The van der Waals surface area contributed by atoms with Crippen LogP contribution in [0.4, 0.5) is 5.95 Å². The standard InChI is InChI=1S/C12H16N4O2/c1-8(17)14-5-6-16-11-4-3-9(18-2)7-10(11)15-12(16)13/h3-4,7H,5-6H2,1-2H3,(H2,13,15)(H,14,17). The molecule has 1 aromatic heterocycles. The first-order valence-corrected chi connectivity index (χ1v) is 5.66. The lowest BCUT2D eigenvalue weighted by Gasteiger charge is -2.07. The van der Waals surface area contributed by atoms with Crippen molar-refractivity contribution in [1.29, 1.82) is 0 Å². The van der Waals surface area contributed by atoms with Gasteiger partial charge >= 0.3 is 0 Å². The molecule has 0 unspecified atom stereocenters. The Bertz CT molecular complexity index is 577. The van der Waals surface area contributed by atoms with Crippen LogP contribution >= 0.6 is 0 Å². The summed E-state index contributed by atoms with van der Waals surface area (Å²) in [6.07, 6.45) is 0. The van der Waals surface area contributed by atoms with Crippen molar-refractivity contribution >= 4 is 22.9 Å². The summed E-state index contributed by atoms with van der Waals surface area (Å²) in [7, 11) is 1.61. The van der Waals surface area contributed by atoms with Gasteiger partial charge < -0.3 is 20.4 Å². The molecule has 0 spiro atoms. The molecule has 1 amide bonds. The lowest BCUT2D eigenvalue weighted by molar-refractivity contribution is -0.118. The molecule has 0 bridgehead atoms. The van der Waals surface area contributed by atoms with Crippen LogP contribution < -0.4 is 15.8 Å². The first-order valence-electron chi connectivity index (χ1n) is 5.66. The van der Waals surface area contributed by atoms with Gasteiger partial charge in [-0.2, -0.15) is 0 Å². The molecule has 0 saturated heterocycles. The number of fused-ring (bicyclic) bond motifs is 1. The van der Waals surface area contributed by atoms with Gasteiger partial charge in [-0.3, -0.25) is 4.79 Å². The summed E-state index contributed by atoms with van der Waals surface area (Å²) in [6, 6.07) is 5.60. The smallest absolute Gasteiger partial charge is 0.216 e. The van der Waals surface area contributed by atoms with Crippen LogP contribution in [-0.2, 0) is 11.3 Å². The van der Waals surface area contributed by atoms with Gasteiger partial charge in [0.2, 0.25) is 11.9 Å². The van der Waals surface area contributed by atoms with E-state index in [0.717, 1.165) is 16.8 Å². The number of hydrogen-bond donors (Lipinski definition) is 2. The fourth-order valence-electron chi connectivity index (χ4n) is 1.83. The van der Waals surface area contributed by atoms with Gasteiger partial charge in [0.1, 0.15) is 5.75 Å². The summed E-state index contributed by atoms with van der Waals surface area (Å²) in [5, 5.41) is 2.73. The van der Waals surface area contributed by atoms with Gasteiger partial charge in [-0.1, -0.05) is 0 Å². The molecule has 0 aliphatic heterocycles. The predicted molar refractivity (Wildman–Crippen MR) is 69.4 cm³/mol. The number of amides is 1. The van der Waals surface area contributed by atoms with Crippen molar-refractivity contribution in [2.45, 2.75) is 13.5 Å². The van der Waals surface area contributed by atoms with Crippen LogP contribution in [0.2, 0.25) is 0 Å². The second-order valence-corrected chi connectivity index (χ2v) is 3.96. The molecular weight excluding hydrogens is 232 g/mol. The summed E-state index contributed by atoms with van der Waals surface area (Å²) in [4.78, 5) is 15.1. The topological polar surface area (TPSA) is 82.2 Å². The predicted octanol–water partition coefficient (Wildman–Crippen LogP) is 0.763. The Morgan fingerprint density at radius 1 is 1.56 bits per heavy atom. The van der Waals surface area contributed by atoms with E-state index in [0.29, 0.717) is 19.0 Å². The maximum Gasteiger partial charge on any atom is 0.216 e. The zero-order valence-corrected chi connectivity index (χ0v) is 10.4. The van der Waals surface area contributed by atoms with E-state index in [2.05, 4.69) is 10.3 Å². The molecule has 0 aliphatic rings. The third kappa shape index (κ3) is 2.37. The van der Waals surface area contributed by atoms with Gasteiger partial charge in [-0.15, -0.1) is 0 Å². The average Bonchev–Trinajstić information content (AvgIpc) is 2.64. The molecule has 2 rings (SSSR count). The van der Waals surface area contributed by atoms with Crippen molar-refractivity contribution in [3.05, 3.63) is 18.2 Å². The van der Waals surface area contributed by atoms with Crippen LogP contribution in [0.25, 0.3) is 11.0 Å². The van der Waals surface area contributed by atoms with Crippen LogP contribution in [0.1, 0.15) is 6.92 Å². The number of imidazole rings is 1. The normalized spacial score (nSPS) is 10.6. The Kier molecular flexibility index (Phi) is 3.36. The van der Waals surface area contributed by atoms with E-state index in [1.54, 1.807) is 7.11 Å². The molecule has 1 heterocycles. The number of nitrogens with two attached hydrogens (primary N) is 1. The lowest BCUT2D eigenvalue weighted by atomic mass is 10.3. The SMILES string of the molecule is COc1ccc2c(c1)nc(N)n2CCNC(C)=O. The molecule has 0 radical (unpaired) electrons. The Morgan fingerprint density at radius 2 is 2.33 bits per heavy atom. The third-order valence-corrected chi connectivity index (χ3v) is 2.69. The Morgan fingerprint density at radius 3 is 3.00 bits per heavy atom. The van der Waals surface area contributed by atoms with Gasteiger partial charge in [-0.25, -0.2) is 4.98 Å². The molecular formula is C12H16N4O2. The first-order chi connectivity index (χ1) is 8.61. The Labute approximate surface area is 105 Å². The molecule has 18 heavy (non-hydrogen) atoms. The molecule has 0 atom stereocenters. The van der Waals surface area contributed by atoms with E-state index >= 15 is 0 Å². The minimum Gasteiger partial charge on any atom is -0.497 e. The van der Waals surface area contributed by atoms with Crippen LogP contribution in [0.3, 0.4) is 0 Å². The summed E-state index contributed by atoms with van der Waals surface area (Å²) in [5.74, 6) is 1.12. The Balaban J connectivity index is 2.27. The molecule has 3 N–H and O–H groups in total. The summed E-state index contributed by atoms with van der Waals surface area (Å²) < 4.78 is 7.00. The number of rotatable bonds is 4. The van der Waals surface area contributed by atoms with Gasteiger partial charge in [0.05, 0.1) is 18.1 Å². The average molecular weight is 248 g/mol. The minimum absolute atomic E-state index is 0.0559. The number of nitrogens with one attached hydrogen (secondary N) is 1. The zero-order chi connectivity index (χ0) is 13.1. The van der Waals surface area contributed by atoms with Gasteiger partial charge in [0.25, 0.3) is 0 Å². The van der Waals surface area contributed by atoms with Crippen molar-refractivity contribution < 1.29 is 9.53 Å². The van der Waals surface area contributed by atoms with Crippen molar-refractivity contribution in [2.75, 3.05) is 19.4 Å². The first kappa shape index (κ1) is 12.2. The second kappa shape index (κ2) is 4.95. The molecule has 6 nitrogen and oxygen atoms in total. The molecule has 96 valence electrons. The summed E-state index contributed by atoms with van der Waals surface area (Å²) in [6.45, 7) is 2.60. The van der Waals surface area contributed by atoms with Crippen molar-refractivity contribution in [3.63, 3.8) is 0 Å². The zero-order valence-electron chi connectivity index (χ0n) is 10.4. The van der Waals surface area contributed by atoms with Gasteiger partial charge in [-0.05, 0) is 12.1 Å². The number of nitrogen functional groups attached to an aromatic ring is 1. The molecule has 2 aromatic rings. The van der Waals surface area contributed by atoms with Gasteiger partial charge in [0.15, 0.2) is 0 Å². The highest BCUT2D eigenvalue weighted by Gasteiger charge is 2.08. The molecule has 0 aliphatic carbocycles. The van der Waals surface area contributed by atoms with E-state index < -0.39 is 0 Å². The quantitative estimate of drug-likeness (QED) is 0.837. The number of nitrogens with zero attached hydrogens (tertiary/aromatic N) is 2. The molecule has 6 heteroatoms. The van der Waals surface area contributed by atoms with E-state index in [4.69, 9.17) is 10.5 Å². The highest BCUT2D eigenvalue weighted by molar-refractivity contribution is 5.80. The minimum atomic E-state index is -0.0559. The van der Waals surface area contributed by atoms with Crippen LogP contribution in [0.15, 0.2) is 18.2 Å². The highest BCUT2D eigenvalue weighted by Crippen LogP contribution is 2.22. The largest absolute Gasteiger partial charge is 0.497 e. The lowest BCUT2D eigenvalue weighted by Crippen LogP contribution is -2.24. The molecule has 0 fully saturated rings. The number of ether oxygens (including phenoxy) is 1. The van der Waals surface area contributed by atoms with Crippen molar-refractivity contribution in [1.82, 2.24) is 14.9 Å². The van der Waals surface area contributed by atoms with Gasteiger partial charge in [0, 0.05) is 26.1 Å². The number of anilines is 1. The van der Waals surface area contributed by atoms with Crippen LogP contribution in [0, 0.1) is 0 Å². The summed E-state index contributed by atoms with van der Waals surface area (Å²) >= 11 is 0. The number of hydrogen-bond acceptors (Lipinski definition) is 4. The monoisotopic (exact) mass is 248 g/mol. The van der Waals surface area contributed by atoms with E-state index in [-0.39, 0.29) is 5.91 Å². The summed E-state index contributed by atoms with van der Waals surface area (Å²) in [5.41, 5.74) is 7.58. The van der Waals surface area contributed by atoms with Crippen molar-refractivity contribution in [3.8, 4) is 5.75 Å². The maximum absolute atomic E-state index is 10.8. The number of benzene rings is 1. The van der Waals surface area contributed by atoms with E-state index in [1.165, 1.54) is 6.92 Å². The molecule has 1 aromatic carbocycles. The number of carbonyl (C=O) groups excluding carboxylic acids is 1.